The van der Waals surface area contributed by atoms with Crippen molar-refractivity contribution in [3.63, 3.8) is 0 Å². The molecule has 8 heteroatoms. The van der Waals surface area contributed by atoms with Crippen molar-refractivity contribution >= 4 is 15.9 Å². The Balaban J connectivity index is 1.62. The molecule has 0 radical (unpaired) electrons. The molecule has 2 atom stereocenters. The number of carbonyl (C=O) groups excluding carboxylic acids is 1. The van der Waals surface area contributed by atoms with Crippen molar-refractivity contribution in [2.45, 2.75) is 31.8 Å². The van der Waals surface area contributed by atoms with Crippen LogP contribution in [0.25, 0.3) is 0 Å². The molecule has 0 aromatic heterocycles. The maximum Gasteiger partial charge on any atom is 0.257 e. The molecule has 3 rings (SSSR count). The molecule has 0 aliphatic carbocycles. The second-order valence-electron chi connectivity index (χ2n) is 7.32. The summed E-state index contributed by atoms with van der Waals surface area (Å²) in [5.41, 5.74) is 0.548. The first kappa shape index (κ1) is 20.1. The topological polar surface area (TPSA) is 84.9 Å². The summed E-state index contributed by atoms with van der Waals surface area (Å²) in [6.45, 7) is 2.80. The predicted molar refractivity (Wildman–Crippen MR) is 102 cm³/mol. The zero-order valence-corrected chi connectivity index (χ0v) is 16.5. The van der Waals surface area contributed by atoms with E-state index in [0.717, 1.165) is 38.5 Å². The van der Waals surface area contributed by atoms with E-state index >= 15 is 0 Å². The molecule has 7 nitrogen and oxygen atoms in total. The standard InChI is InChI=1S/C19H28N2O5S/c1-27(23,24)20-12-15-6-4-10-21(13-15)19(22)17-8-2-3-9-18(17)26-14-16-7-5-11-25-16/h2-3,8-9,15-16,20H,4-7,10-14H2,1H3. The third-order valence-electron chi connectivity index (χ3n) is 5.01. The van der Waals surface area contributed by atoms with Crippen LogP contribution in [0.1, 0.15) is 36.0 Å². The Morgan fingerprint density at radius 2 is 2.11 bits per heavy atom. The molecular weight excluding hydrogens is 368 g/mol. The maximum absolute atomic E-state index is 13.0. The highest BCUT2D eigenvalue weighted by Gasteiger charge is 2.27. The van der Waals surface area contributed by atoms with E-state index in [2.05, 4.69) is 4.72 Å². The Bertz CT molecular complexity index is 746. The highest BCUT2D eigenvalue weighted by atomic mass is 32.2. The number of para-hydroxylation sites is 1. The first-order chi connectivity index (χ1) is 12.9. The van der Waals surface area contributed by atoms with Crippen LogP contribution >= 0.6 is 0 Å². The van der Waals surface area contributed by atoms with Gasteiger partial charge in [0.1, 0.15) is 12.4 Å². The number of amides is 1. The van der Waals surface area contributed by atoms with Gasteiger partial charge in [0.2, 0.25) is 10.0 Å². The third kappa shape index (κ3) is 5.92. The van der Waals surface area contributed by atoms with Crippen LogP contribution in [0, 0.1) is 5.92 Å². The Hall–Kier alpha value is -1.64. The normalized spacial score (nSPS) is 23.4. The molecule has 27 heavy (non-hydrogen) atoms. The van der Waals surface area contributed by atoms with Gasteiger partial charge in [-0.05, 0) is 43.7 Å². The maximum atomic E-state index is 13.0. The van der Waals surface area contributed by atoms with Gasteiger partial charge in [0.15, 0.2) is 0 Å². The monoisotopic (exact) mass is 396 g/mol. The Labute approximate surface area is 161 Å². The average Bonchev–Trinajstić information content (AvgIpc) is 3.18. The molecule has 2 aliphatic rings. The summed E-state index contributed by atoms with van der Waals surface area (Å²) in [7, 11) is -3.22. The van der Waals surface area contributed by atoms with Crippen LogP contribution in [-0.4, -0.2) is 64.4 Å². The van der Waals surface area contributed by atoms with Gasteiger partial charge in [0, 0.05) is 26.2 Å². The SMILES string of the molecule is CS(=O)(=O)NCC1CCCN(C(=O)c2ccccc2OCC2CCCO2)C1. The summed E-state index contributed by atoms with van der Waals surface area (Å²) in [4.78, 5) is 14.8. The molecule has 2 aliphatic heterocycles. The first-order valence-electron chi connectivity index (χ1n) is 9.50. The van der Waals surface area contributed by atoms with Gasteiger partial charge >= 0.3 is 0 Å². The fraction of sp³-hybridized carbons (Fsp3) is 0.632. The van der Waals surface area contributed by atoms with Crippen molar-refractivity contribution in [3.8, 4) is 5.75 Å². The minimum Gasteiger partial charge on any atom is -0.490 e. The smallest absolute Gasteiger partial charge is 0.257 e. The van der Waals surface area contributed by atoms with E-state index in [0.29, 0.717) is 37.6 Å². The van der Waals surface area contributed by atoms with Gasteiger partial charge in [-0.2, -0.15) is 0 Å². The fourth-order valence-electron chi connectivity index (χ4n) is 3.58. The van der Waals surface area contributed by atoms with Gasteiger partial charge < -0.3 is 14.4 Å². The molecule has 1 N–H and O–H groups in total. The number of piperidine rings is 1. The Morgan fingerprint density at radius 3 is 2.85 bits per heavy atom. The highest BCUT2D eigenvalue weighted by Crippen LogP contribution is 2.24. The number of hydrogen-bond donors (Lipinski definition) is 1. The van der Waals surface area contributed by atoms with E-state index < -0.39 is 10.0 Å². The van der Waals surface area contributed by atoms with Crippen LogP contribution in [0.5, 0.6) is 5.75 Å². The van der Waals surface area contributed by atoms with E-state index in [-0.39, 0.29) is 17.9 Å². The summed E-state index contributed by atoms with van der Waals surface area (Å²) in [6.07, 6.45) is 5.04. The second-order valence-corrected chi connectivity index (χ2v) is 9.16. The Kier molecular flexibility index (Phi) is 6.73. The number of nitrogens with zero attached hydrogens (tertiary/aromatic N) is 1. The first-order valence-corrected chi connectivity index (χ1v) is 11.4. The number of sulfonamides is 1. The average molecular weight is 397 g/mol. The highest BCUT2D eigenvalue weighted by molar-refractivity contribution is 7.88. The predicted octanol–water partition coefficient (Wildman–Crippen LogP) is 1.65. The van der Waals surface area contributed by atoms with Crippen molar-refractivity contribution in [2.75, 3.05) is 39.1 Å². The zero-order valence-electron chi connectivity index (χ0n) is 15.7. The summed E-state index contributed by atoms with van der Waals surface area (Å²) < 4.78 is 36.7. The Morgan fingerprint density at radius 1 is 1.30 bits per heavy atom. The number of ether oxygens (including phenoxy) is 2. The number of likely N-dealkylation sites (tertiary alicyclic amines) is 1. The molecule has 0 saturated carbocycles. The van der Waals surface area contributed by atoms with Crippen LogP contribution in [0.15, 0.2) is 24.3 Å². The molecule has 1 aromatic rings. The molecule has 0 spiro atoms. The number of rotatable bonds is 7. The molecule has 150 valence electrons. The summed E-state index contributed by atoms with van der Waals surface area (Å²) >= 11 is 0. The van der Waals surface area contributed by atoms with Crippen LogP contribution in [0.4, 0.5) is 0 Å². The molecular formula is C19H28N2O5S. The lowest BCUT2D eigenvalue weighted by atomic mass is 9.97. The zero-order chi connectivity index (χ0) is 19.3. The second kappa shape index (κ2) is 9.03. The van der Waals surface area contributed by atoms with Crippen molar-refractivity contribution in [2.24, 2.45) is 5.92 Å². The number of benzene rings is 1. The largest absolute Gasteiger partial charge is 0.490 e. The molecule has 2 heterocycles. The van der Waals surface area contributed by atoms with E-state index in [1.807, 2.05) is 18.2 Å². The van der Waals surface area contributed by atoms with Crippen molar-refractivity contribution < 1.29 is 22.7 Å². The van der Waals surface area contributed by atoms with Crippen molar-refractivity contribution in [1.29, 1.82) is 0 Å². The summed E-state index contributed by atoms with van der Waals surface area (Å²) in [5.74, 6) is 0.633. The number of nitrogens with one attached hydrogen (secondary N) is 1. The van der Waals surface area contributed by atoms with Gasteiger partial charge in [-0.1, -0.05) is 12.1 Å². The van der Waals surface area contributed by atoms with Gasteiger partial charge in [-0.25, -0.2) is 13.1 Å². The van der Waals surface area contributed by atoms with Crippen molar-refractivity contribution in [3.05, 3.63) is 29.8 Å². The van der Waals surface area contributed by atoms with E-state index in [4.69, 9.17) is 9.47 Å². The molecule has 2 unspecified atom stereocenters. The third-order valence-corrected chi connectivity index (χ3v) is 5.70. The van der Waals surface area contributed by atoms with Crippen LogP contribution < -0.4 is 9.46 Å². The number of carbonyl (C=O) groups is 1. The molecule has 0 bridgehead atoms. The summed E-state index contributed by atoms with van der Waals surface area (Å²) in [6, 6.07) is 7.29. The number of hydrogen-bond acceptors (Lipinski definition) is 5. The summed E-state index contributed by atoms with van der Waals surface area (Å²) in [5, 5.41) is 0. The van der Waals surface area contributed by atoms with Gasteiger partial charge in [-0.3, -0.25) is 4.79 Å². The van der Waals surface area contributed by atoms with Crippen LogP contribution in [0.2, 0.25) is 0 Å². The molecule has 1 amide bonds. The van der Waals surface area contributed by atoms with E-state index in [9.17, 15) is 13.2 Å². The lowest BCUT2D eigenvalue weighted by Crippen LogP contribution is -2.43. The minimum absolute atomic E-state index is 0.0676. The van der Waals surface area contributed by atoms with Gasteiger partial charge in [-0.15, -0.1) is 0 Å². The van der Waals surface area contributed by atoms with Crippen molar-refractivity contribution in [1.82, 2.24) is 9.62 Å². The molecule has 2 saturated heterocycles. The fourth-order valence-corrected chi connectivity index (χ4v) is 4.12. The lowest BCUT2D eigenvalue weighted by molar-refractivity contribution is 0.0622. The van der Waals surface area contributed by atoms with Gasteiger partial charge in [0.05, 0.1) is 17.9 Å². The quantitative estimate of drug-likeness (QED) is 0.757. The van der Waals surface area contributed by atoms with Gasteiger partial charge in [0.25, 0.3) is 5.91 Å². The molecule has 2 fully saturated rings. The van der Waals surface area contributed by atoms with Crippen LogP contribution in [0.3, 0.4) is 0 Å². The lowest BCUT2D eigenvalue weighted by Gasteiger charge is -2.33. The van der Waals surface area contributed by atoms with E-state index in [1.165, 1.54) is 0 Å². The van der Waals surface area contributed by atoms with E-state index in [1.54, 1.807) is 11.0 Å². The minimum atomic E-state index is -3.22. The molecule has 1 aromatic carbocycles. The van der Waals surface area contributed by atoms with Crippen LogP contribution in [-0.2, 0) is 14.8 Å².